The second kappa shape index (κ2) is 9.28. The van der Waals surface area contributed by atoms with Gasteiger partial charge in [-0.15, -0.1) is 0 Å². The minimum absolute atomic E-state index is 0.0331. The van der Waals surface area contributed by atoms with Gasteiger partial charge in [0.05, 0.1) is 13.0 Å². The van der Waals surface area contributed by atoms with Crippen LogP contribution < -0.4 is 4.74 Å². The number of benzene rings is 3. The molecule has 0 N–H and O–H groups in total. The van der Waals surface area contributed by atoms with Gasteiger partial charge in [0.15, 0.2) is 0 Å². The Hall–Kier alpha value is -3.93. The molecule has 4 aromatic rings. The van der Waals surface area contributed by atoms with Crippen molar-refractivity contribution < 1.29 is 14.1 Å². The van der Waals surface area contributed by atoms with Gasteiger partial charge in [0.1, 0.15) is 5.75 Å². The van der Waals surface area contributed by atoms with E-state index in [-0.39, 0.29) is 11.8 Å². The third kappa shape index (κ3) is 4.51. The number of ether oxygens (including phenoxy) is 1. The highest BCUT2D eigenvalue weighted by molar-refractivity contribution is 5.94. The first kappa shape index (κ1) is 20.9. The maximum atomic E-state index is 13.2. The van der Waals surface area contributed by atoms with Crippen LogP contribution in [0.3, 0.4) is 0 Å². The summed E-state index contributed by atoms with van der Waals surface area (Å²) in [6.45, 7) is 1.30. The first-order valence-corrected chi connectivity index (χ1v) is 11.1. The van der Waals surface area contributed by atoms with Crippen LogP contribution in [0.25, 0.3) is 22.5 Å². The fourth-order valence-corrected chi connectivity index (χ4v) is 4.24. The number of nitrogens with zero attached hydrogens (tertiary/aromatic N) is 3. The van der Waals surface area contributed by atoms with Gasteiger partial charge in [-0.3, -0.25) is 4.79 Å². The lowest BCUT2D eigenvalue weighted by Crippen LogP contribution is -2.39. The van der Waals surface area contributed by atoms with E-state index < -0.39 is 0 Å². The van der Waals surface area contributed by atoms with Gasteiger partial charge < -0.3 is 14.2 Å². The average Bonchev–Trinajstić information content (AvgIpc) is 3.39. The Morgan fingerprint density at radius 3 is 2.36 bits per heavy atom. The number of hydrogen-bond donors (Lipinski definition) is 0. The highest BCUT2D eigenvalue weighted by atomic mass is 16.5. The highest BCUT2D eigenvalue weighted by Crippen LogP contribution is 2.29. The standard InChI is InChI=1S/C27H25N3O3/c1-32-24-15-13-21(14-16-24)25-28-26(33-29-25)23-8-5-17-30(18-23)27(31)22-11-9-20(10-12-22)19-6-3-2-4-7-19/h2-4,6-7,9-16,23H,5,8,17-18H2,1H3/t23-/m1/s1. The molecule has 1 aromatic heterocycles. The predicted molar refractivity (Wildman–Crippen MR) is 126 cm³/mol. The second-order valence-corrected chi connectivity index (χ2v) is 8.22. The minimum atomic E-state index is 0.0331. The molecule has 0 unspecified atom stereocenters. The summed E-state index contributed by atoms with van der Waals surface area (Å²) in [6, 6.07) is 25.5. The van der Waals surface area contributed by atoms with Crippen molar-refractivity contribution in [3.63, 3.8) is 0 Å². The molecule has 5 rings (SSSR count). The van der Waals surface area contributed by atoms with Crippen molar-refractivity contribution in [1.29, 1.82) is 0 Å². The number of methoxy groups -OCH3 is 1. The monoisotopic (exact) mass is 439 g/mol. The Balaban J connectivity index is 1.28. The molecule has 1 aliphatic rings. The number of likely N-dealkylation sites (tertiary alicyclic amines) is 1. The summed E-state index contributed by atoms with van der Waals surface area (Å²) in [5.74, 6) is 1.98. The van der Waals surface area contributed by atoms with Crippen LogP contribution in [0.2, 0.25) is 0 Å². The molecule has 1 atom stereocenters. The summed E-state index contributed by atoms with van der Waals surface area (Å²) in [6.07, 6.45) is 1.82. The Bertz CT molecular complexity index is 1220. The Morgan fingerprint density at radius 2 is 1.64 bits per heavy atom. The summed E-state index contributed by atoms with van der Waals surface area (Å²) < 4.78 is 10.8. The van der Waals surface area contributed by atoms with Gasteiger partial charge in [-0.25, -0.2) is 0 Å². The number of rotatable bonds is 5. The third-order valence-electron chi connectivity index (χ3n) is 6.09. The molecule has 33 heavy (non-hydrogen) atoms. The molecule has 0 bridgehead atoms. The smallest absolute Gasteiger partial charge is 0.253 e. The van der Waals surface area contributed by atoms with Crippen LogP contribution in [-0.2, 0) is 0 Å². The predicted octanol–water partition coefficient (Wildman–Crippen LogP) is 5.43. The topological polar surface area (TPSA) is 68.5 Å². The number of carbonyl (C=O) groups is 1. The van der Waals surface area contributed by atoms with E-state index in [1.165, 1.54) is 0 Å². The van der Waals surface area contributed by atoms with E-state index in [0.29, 0.717) is 23.8 Å². The van der Waals surface area contributed by atoms with Gasteiger partial charge >= 0.3 is 0 Å². The number of aromatic nitrogens is 2. The molecule has 0 radical (unpaired) electrons. The van der Waals surface area contributed by atoms with E-state index >= 15 is 0 Å². The second-order valence-electron chi connectivity index (χ2n) is 8.22. The van der Waals surface area contributed by atoms with Crippen molar-refractivity contribution in [3.05, 3.63) is 90.3 Å². The van der Waals surface area contributed by atoms with E-state index in [2.05, 4.69) is 22.3 Å². The van der Waals surface area contributed by atoms with Crippen LogP contribution in [0, 0.1) is 0 Å². The third-order valence-corrected chi connectivity index (χ3v) is 6.09. The molecule has 1 amide bonds. The van der Waals surface area contributed by atoms with E-state index in [4.69, 9.17) is 9.26 Å². The molecule has 6 nitrogen and oxygen atoms in total. The molecule has 2 heterocycles. The minimum Gasteiger partial charge on any atom is -0.497 e. The zero-order valence-corrected chi connectivity index (χ0v) is 18.5. The zero-order valence-electron chi connectivity index (χ0n) is 18.5. The quantitative estimate of drug-likeness (QED) is 0.415. The van der Waals surface area contributed by atoms with E-state index in [1.54, 1.807) is 7.11 Å². The Labute approximate surface area is 192 Å². The molecular formula is C27H25N3O3. The van der Waals surface area contributed by atoms with Gasteiger partial charge in [-0.05, 0) is 60.4 Å². The first-order valence-electron chi connectivity index (χ1n) is 11.1. The summed E-state index contributed by atoms with van der Waals surface area (Å²) >= 11 is 0. The van der Waals surface area contributed by atoms with E-state index in [9.17, 15) is 4.79 Å². The number of hydrogen-bond acceptors (Lipinski definition) is 5. The van der Waals surface area contributed by atoms with Gasteiger partial charge in [0.2, 0.25) is 11.7 Å². The molecule has 0 spiro atoms. The maximum Gasteiger partial charge on any atom is 0.253 e. The fraction of sp³-hybridized carbons (Fsp3) is 0.222. The zero-order chi connectivity index (χ0) is 22.6. The number of piperidine rings is 1. The summed E-state index contributed by atoms with van der Waals surface area (Å²) in [5, 5.41) is 4.15. The van der Waals surface area contributed by atoms with Crippen molar-refractivity contribution in [2.24, 2.45) is 0 Å². The number of amides is 1. The highest BCUT2D eigenvalue weighted by Gasteiger charge is 2.29. The normalized spacial score (nSPS) is 15.9. The molecule has 1 saturated heterocycles. The number of carbonyl (C=O) groups excluding carboxylic acids is 1. The van der Waals surface area contributed by atoms with Crippen LogP contribution >= 0.6 is 0 Å². The van der Waals surface area contributed by atoms with Gasteiger partial charge in [0.25, 0.3) is 5.91 Å². The van der Waals surface area contributed by atoms with E-state index in [0.717, 1.165) is 41.8 Å². The van der Waals surface area contributed by atoms with Crippen molar-refractivity contribution in [2.45, 2.75) is 18.8 Å². The molecule has 0 saturated carbocycles. The lowest BCUT2D eigenvalue weighted by atomic mass is 9.97. The van der Waals surface area contributed by atoms with Crippen LogP contribution in [0.4, 0.5) is 0 Å². The molecule has 0 aliphatic carbocycles. The van der Waals surface area contributed by atoms with Crippen LogP contribution in [-0.4, -0.2) is 41.1 Å². The van der Waals surface area contributed by atoms with Crippen molar-refractivity contribution in [1.82, 2.24) is 15.0 Å². The average molecular weight is 440 g/mol. The SMILES string of the molecule is COc1ccc(-c2noc([C@@H]3CCCN(C(=O)c4ccc(-c5ccccc5)cc4)C3)n2)cc1. The van der Waals surface area contributed by atoms with Gasteiger partial charge in [-0.2, -0.15) is 4.98 Å². The van der Waals surface area contributed by atoms with Crippen molar-refractivity contribution >= 4 is 5.91 Å². The molecule has 6 heteroatoms. The van der Waals surface area contributed by atoms with Crippen LogP contribution in [0.1, 0.15) is 35.0 Å². The van der Waals surface area contributed by atoms with Gasteiger partial charge in [0, 0.05) is 24.2 Å². The molecular weight excluding hydrogens is 414 g/mol. The molecule has 1 aliphatic heterocycles. The van der Waals surface area contributed by atoms with Crippen molar-refractivity contribution in [3.8, 4) is 28.3 Å². The molecule has 166 valence electrons. The maximum absolute atomic E-state index is 13.2. The lowest BCUT2D eigenvalue weighted by molar-refractivity contribution is 0.0695. The summed E-state index contributed by atoms with van der Waals surface area (Å²) in [7, 11) is 1.63. The Kier molecular flexibility index (Phi) is 5.89. The molecule has 1 fully saturated rings. The first-order chi connectivity index (χ1) is 16.2. The largest absolute Gasteiger partial charge is 0.497 e. The summed E-state index contributed by atoms with van der Waals surface area (Å²) in [4.78, 5) is 19.7. The lowest BCUT2D eigenvalue weighted by Gasteiger charge is -2.31. The van der Waals surface area contributed by atoms with Crippen molar-refractivity contribution in [2.75, 3.05) is 20.2 Å². The van der Waals surface area contributed by atoms with E-state index in [1.807, 2.05) is 71.6 Å². The fourth-order valence-electron chi connectivity index (χ4n) is 4.24. The Morgan fingerprint density at radius 1 is 0.939 bits per heavy atom. The molecule has 3 aromatic carbocycles. The van der Waals surface area contributed by atoms with Gasteiger partial charge in [-0.1, -0.05) is 47.6 Å². The summed E-state index contributed by atoms with van der Waals surface area (Å²) in [5.41, 5.74) is 3.80. The van der Waals surface area contributed by atoms with Crippen LogP contribution in [0.15, 0.2) is 83.4 Å². The van der Waals surface area contributed by atoms with Crippen LogP contribution in [0.5, 0.6) is 5.75 Å².